The van der Waals surface area contributed by atoms with E-state index in [4.69, 9.17) is 0 Å². The summed E-state index contributed by atoms with van der Waals surface area (Å²) < 4.78 is 0. The van der Waals surface area contributed by atoms with Gasteiger partial charge in [-0.2, -0.15) is 0 Å². The van der Waals surface area contributed by atoms with Crippen molar-refractivity contribution in [2.24, 2.45) is 17.8 Å². The van der Waals surface area contributed by atoms with E-state index in [2.05, 4.69) is 47.1 Å². The molecule has 3 fully saturated rings. The van der Waals surface area contributed by atoms with Gasteiger partial charge in [0.25, 0.3) is 0 Å². The fourth-order valence-electron chi connectivity index (χ4n) is 5.45. The number of carbonyl (C=O) groups excluding carboxylic acids is 1. The lowest BCUT2D eigenvalue weighted by Gasteiger charge is -2.21. The summed E-state index contributed by atoms with van der Waals surface area (Å²) in [6.45, 7) is 6.74. The third kappa shape index (κ3) is 3.47. The molecule has 3 heteroatoms. The van der Waals surface area contributed by atoms with E-state index in [1.807, 2.05) is 0 Å². The minimum absolute atomic E-state index is 0.355. The van der Waals surface area contributed by atoms with Crippen LogP contribution in [0.3, 0.4) is 0 Å². The van der Waals surface area contributed by atoms with Gasteiger partial charge >= 0.3 is 0 Å². The summed E-state index contributed by atoms with van der Waals surface area (Å²) in [5, 5.41) is 0. The summed E-state index contributed by atoms with van der Waals surface area (Å²) in [5.74, 6) is 1.99. The van der Waals surface area contributed by atoms with Gasteiger partial charge in [-0.25, -0.2) is 0 Å². The maximum Gasteiger partial charge on any atom is 0.225 e. The van der Waals surface area contributed by atoms with Crippen LogP contribution in [-0.4, -0.2) is 47.9 Å². The van der Waals surface area contributed by atoms with Gasteiger partial charge in [0, 0.05) is 37.5 Å². The molecule has 0 radical (unpaired) electrons. The maximum atomic E-state index is 12.4. The highest BCUT2D eigenvalue weighted by molar-refractivity contribution is 5.82. The lowest BCUT2D eigenvalue weighted by atomic mass is 9.90. The predicted molar refractivity (Wildman–Crippen MR) is 109 cm³/mol. The number of allylic oxidation sites excluding steroid dienone is 1. The van der Waals surface area contributed by atoms with Crippen LogP contribution in [0.25, 0.3) is 5.57 Å². The molecule has 1 saturated carbocycles. The summed E-state index contributed by atoms with van der Waals surface area (Å²) in [7, 11) is 0. The van der Waals surface area contributed by atoms with Gasteiger partial charge in [0.05, 0.1) is 0 Å². The molecule has 4 aliphatic rings. The fourth-order valence-corrected chi connectivity index (χ4v) is 5.45. The minimum atomic E-state index is 0.355. The van der Waals surface area contributed by atoms with Crippen LogP contribution in [0.2, 0.25) is 0 Å². The Morgan fingerprint density at radius 2 is 1.93 bits per heavy atom. The Kier molecular flexibility index (Phi) is 4.59. The molecule has 1 amide bonds. The topological polar surface area (TPSA) is 23.6 Å². The minimum Gasteiger partial charge on any atom is -0.342 e. The quantitative estimate of drug-likeness (QED) is 0.789. The normalized spacial score (nSPS) is 30.6. The van der Waals surface area contributed by atoms with Gasteiger partial charge in [-0.3, -0.25) is 4.79 Å². The van der Waals surface area contributed by atoms with Crippen LogP contribution in [0.4, 0.5) is 0 Å². The molecule has 5 rings (SSSR count). The van der Waals surface area contributed by atoms with Crippen molar-refractivity contribution >= 4 is 11.5 Å². The molecule has 0 aromatic heterocycles. The Morgan fingerprint density at radius 3 is 2.63 bits per heavy atom. The van der Waals surface area contributed by atoms with Crippen molar-refractivity contribution in [3.8, 4) is 0 Å². The molecule has 1 aromatic carbocycles. The second-order valence-corrected chi connectivity index (χ2v) is 9.25. The van der Waals surface area contributed by atoms with Gasteiger partial charge in [0.1, 0.15) is 0 Å². The average Bonchev–Trinajstić information content (AvgIpc) is 3.13. The number of carbonyl (C=O) groups is 1. The molecule has 2 aliphatic carbocycles. The van der Waals surface area contributed by atoms with Gasteiger partial charge < -0.3 is 9.80 Å². The summed E-state index contributed by atoms with van der Waals surface area (Å²) in [6.07, 6.45) is 9.68. The number of fused-ring (bicyclic) bond motifs is 1. The molecule has 27 heavy (non-hydrogen) atoms. The molecule has 1 aromatic rings. The monoisotopic (exact) mass is 364 g/mol. The lowest BCUT2D eigenvalue weighted by molar-refractivity contribution is -0.131. The molecular weight excluding hydrogens is 332 g/mol. The molecular formula is C24H32N2O. The first-order valence-corrected chi connectivity index (χ1v) is 11.0. The van der Waals surface area contributed by atoms with E-state index in [-0.39, 0.29) is 0 Å². The smallest absolute Gasteiger partial charge is 0.225 e. The number of hydrogen-bond donors (Lipinski definition) is 0. The maximum absolute atomic E-state index is 12.4. The van der Waals surface area contributed by atoms with E-state index < -0.39 is 0 Å². The van der Waals surface area contributed by atoms with Crippen molar-refractivity contribution in [2.75, 3.05) is 26.2 Å². The SMILES string of the molecule is CC1CCCN1CCc1ccc(C2=CCC3CN(C(=O)C4CC4)CC23)cc1. The van der Waals surface area contributed by atoms with Crippen molar-refractivity contribution in [2.45, 2.75) is 51.5 Å². The van der Waals surface area contributed by atoms with E-state index in [0.717, 1.165) is 44.8 Å². The van der Waals surface area contributed by atoms with Gasteiger partial charge in [-0.05, 0) is 74.6 Å². The van der Waals surface area contributed by atoms with Crippen molar-refractivity contribution in [1.29, 1.82) is 0 Å². The molecule has 2 saturated heterocycles. The van der Waals surface area contributed by atoms with Crippen LogP contribution in [0, 0.1) is 17.8 Å². The molecule has 144 valence electrons. The Balaban J connectivity index is 1.21. The number of hydrogen-bond acceptors (Lipinski definition) is 2. The van der Waals surface area contributed by atoms with Crippen LogP contribution in [0.15, 0.2) is 30.3 Å². The summed E-state index contributed by atoms with van der Waals surface area (Å²) in [4.78, 5) is 17.2. The summed E-state index contributed by atoms with van der Waals surface area (Å²) in [6, 6.07) is 10.1. The Bertz CT molecular complexity index is 733. The van der Waals surface area contributed by atoms with E-state index in [0.29, 0.717) is 23.7 Å². The van der Waals surface area contributed by atoms with Crippen molar-refractivity contribution in [1.82, 2.24) is 9.80 Å². The first-order chi connectivity index (χ1) is 13.2. The number of likely N-dealkylation sites (tertiary alicyclic amines) is 2. The van der Waals surface area contributed by atoms with E-state index >= 15 is 0 Å². The zero-order valence-electron chi connectivity index (χ0n) is 16.6. The standard InChI is InChI=1S/C24H32N2O/c1-17-3-2-13-25(17)14-12-18-4-6-19(7-5-18)22-11-10-21-15-26(16-23(21)22)24(27)20-8-9-20/h4-7,11,17,20-21,23H,2-3,8-10,12-16H2,1H3. The molecule has 2 aliphatic heterocycles. The van der Waals surface area contributed by atoms with Crippen LogP contribution >= 0.6 is 0 Å². The number of amides is 1. The molecule has 3 nitrogen and oxygen atoms in total. The van der Waals surface area contributed by atoms with E-state index in [1.165, 1.54) is 42.6 Å². The summed E-state index contributed by atoms with van der Waals surface area (Å²) >= 11 is 0. The van der Waals surface area contributed by atoms with Crippen LogP contribution < -0.4 is 0 Å². The first kappa shape index (κ1) is 17.5. The van der Waals surface area contributed by atoms with Crippen molar-refractivity contribution < 1.29 is 4.79 Å². The lowest BCUT2D eigenvalue weighted by Crippen LogP contribution is -2.30. The average molecular weight is 365 g/mol. The molecule has 3 atom stereocenters. The Morgan fingerprint density at radius 1 is 1.11 bits per heavy atom. The first-order valence-electron chi connectivity index (χ1n) is 11.0. The van der Waals surface area contributed by atoms with Gasteiger partial charge in [0.15, 0.2) is 0 Å². The van der Waals surface area contributed by atoms with Gasteiger partial charge in [0.2, 0.25) is 5.91 Å². The molecule has 2 heterocycles. The fraction of sp³-hybridized carbons (Fsp3) is 0.625. The predicted octanol–water partition coefficient (Wildman–Crippen LogP) is 3.99. The number of nitrogens with zero attached hydrogens (tertiary/aromatic N) is 2. The van der Waals surface area contributed by atoms with Crippen molar-refractivity contribution in [3.05, 3.63) is 41.5 Å². The number of rotatable bonds is 5. The van der Waals surface area contributed by atoms with Crippen LogP contribution in [0.1, 0.15) is 50.2 Å². The third-order valence-electron chi connectivity index (χ3n) is 7.38. The highest BCUT2D eigenvalue weighted by Crippen LogP contribution is 2.44. The molecule has 3 unspecified atom stereocenters. The molecule has 0 bridgehead atoms. The summed E-state index contributed by atoms with van der Waals surface area (Å²) in [5.41, 5.74) is 4.32. The van der Waals surface area contributed by atoms with Crippen LogP contribution in [0.5, 0.6) is 0 Å². The third-order valence-corrected chi connectivity index (χ3v) is 7.38. The highest BCUT2D eigenvalue weighted by atomic mass is 16.2. The van der Waals surface area contributed by atoms with Crippen molar-refractivity contribution in [3.63, 3.8) is 0 Å². The van der Waals surface area contributed by atoms with Gasteiger partial charge in [-0.1, -0.05) is 30.3 Å². The highest BCUT2D eigenvalue weighted by Gasteiger charge is 2.43. The Hall–Kier alpha value is -1.61. The van der Waals surface area contributed by atoms with E-state index in [1.54, 1.807) is 0 Å². The second-order valence-electron chi connectivity index (χ2n) is 9.25. The zero-order chi connectivity index (χ0) is 18.4. The molecule has 0 N–H and O–H groups in total. The van der Waals surface area contributed by atoms with E-state index in [9.17, 15) is 4.79 Å². The largest absolute Gasteiger partial charge is 0.342 e. The number of benzene rings is 1. The Labute approximate surface area is 163 Å². The van der Waals surface area contributed by atoms with Gasteiger partial charge in [-0.15, -0.1) is 0 Å². The zero-order valence-corrected chi connectivity index (χ0v) is 16.6. The second kappa shape index (κ2) is 7.09. The van der Waals surface area contributed by atoms with Crippen LogP contribution in [-0.2, 0) is 11.2 Å². The molecule has 0 spiro atoms.